The lowest BCUT2D eigenvalue weighted by molar-refractivity contribution is 0.479. The molecule has 0 aromatic heterocycles. The zero-order valence-corrected chi connectivity index (χ0v) is 13.5. The molecule has 4 N–H and O–H groups in total. The summed E-state index contributed by atoms with van der Waals surface area (Å²) in [5, 5.41) is 3.28. The van der Waals surface area contributed by atoms with Crippen LogP contribution in [-0.2, 0) is 16.5 Å². The van der Waals surface area contributed by atoms with Crippen LogP contribution in [0.4, 0.5) is 5.69 Å². The Morgan fingerprint density at radius 2 is 1.81 bits per heavy atom. The highest BCUT2D eigenvalue weighted by atomic mass is 32.2. The third-order valence-corrected chi connectivity index (χ3v) is 4.21. The molecule has 0 amide bonds. The molecule has 1 aromatic carbocycles. The van der Waals surface area contributed by atoms with Crippen LogP contribution in [0.15, 0.2) is 18.2 Å². The van der Waals surface area contributed by atoms with Crippen molar-refractivity contribution in [1.29, 1.82) is 0 Å². The van der Waals surface area contributed by atoms with Crippen LogP contribution in [0.3, 0.4) is 0 Å². The number of aryl methyl sites for hydroxylation is 2. The number of benzene rings is 1. The smallest absolute Gasteiger partial charge is 0.264 e. The minimum Gasteiger partial charge on any atom is -0.399 e. The topological polar surface area (TPSA) is 92.4 Å². The molecule has 0 saturated carbocycles. The highest BCUT2D eigenvalue weighted by Gasteiger charge is 2.02. The van der Waals surface area contributed by atoms with Gasteiger partial charge in [-0.2, -0.15) is 8.42 Å². The predicted molar refractivity (Wildman–Crippen MR) is 87.0 cm³/mol. The van der Waals surface area contributed by atoms with Crippen molar-refractivity contribution in [3.05, 3.63) is 29.3 Å². The molecule has 120 valence electrons. The van der Waals surface area contributed by atoms with Gasteiger partial charge in [-0.3, -0.25) is 4.55 Å². The molecular weight excluding hydrogens is 288 g/mol. The second-order valence-corrected chi connectivity index (χ2v) is 6.96. The molecule has 0 heterocycles. The number of rotatable bonds is 10. The van der Waals surface area contributed by atoms with Crippen molar-refractivity contribution in [2.24, 2.45) is 0 Å². The molecule has 0 saturated heterocycles. The summed E-state index contributed by atoms with van der Waals surface area (Å²) in [5.74, 6) is -0.148. The predicted octanol–water partition coefficient (Wildman–Crippen LogP) is 2.16. The third-order valence-electron chi connectivity index (χ3n) is 3.41. The van der Waals surface area contributed by atoms with Gasteiger partial charge in [0.05, 0.1) is 5.75 Å². The average Bonchev–Trinajstić information content (AvgIpc) is 2.39. The second kappa shape index (κ2) is 9.02. The van der Waals surface area contributed by atoms with Gasteiger partial charge in [-0.25, -0.2) is 0 Å². The van der Waals surface area contributed by atoms with E-state index in [1.165, 1.54) is 5.56 Å². The fraction of sp³-hybridized carbons (Fsp3) is 0.600. The van der Waals surface area contributed by atoms with Gasteiger partial charge < -0.3 is 11.1 Å². The van der Waals surface area contributed by atoms with Crippen LogP contribution in [0.25, 0.3) is 0 Å². The Morgan fingerprint density at radius 3 is 2.43 bits per heavy atom. The van der Waals surface area contributed by atoms with Crippen LogP contribution >= 0.6 is 0 Å². The van der Waals surface area contributed by atoms with Crippen molar-refractivity contribution in [3.8, 4) is 0 Å². The van der Waals surface area contributed by atoms with Gasteiger partial charge in [0.25, 0.3) is 10.1 Å². The van der Waals surface area contributed by atoms with Gasteiger partial charge in [0.15, 0.2) is 0 Å². The van der Waals surface area contributed by atoms with Crippen LogP contribution in [0.1, 0.15) is 36.8 Å². The Hall–Kier alpha value is -1.11. The average molecular weight is 314 g/mol. The molecule has 0 aliphatic carbocycles. The number of nitrogens with two attached hydrogens (primary N) is 1. The van der Waals surface area contributed by atoms with Crippen molar-refractivity contribution in [2.45, 2.75) is 39.0 Å². The fourth-order valence-electron chi connectivity index (χ4n) is 2.13. The Kier molecular flexibility index (Phi) is 7.71. The zero-order chi connectivity index (χ0) is 15.7. The number of hydrogen-bond donors (Lipinski definition) is 3. The largest absolute Gasteiger partial charge is 0.399 e. The zero-order valence-electron chi connectivity index (χ0n) is 12.6. The van der Waals surface area contributed by atoms with E-state index in [2.05, 4.69) is 17.4 Å². The monoisotopic (exact) mass is 314 g/mol. The molecular formula is C15H26N2O3S. The van der Waals surface area contributed by atoms with Crippen LogP contribution < -0.4 is 11.1 Å². The SMILES string of the molecule is Cc1cc(CCCCNCCCCS(=O)(=O)O)ccc1N. The molecule has 0 bridgehead atoms. The van der Waals surface area contributed by atoms with Crippen molar-refractivity contribution in [1.82, 2.24) is 5.32 Å². The van der Waals surface area contributed by atoms with Crippen molar-refractivity contribution >= 4 is 15.8 Å². The summed E-state index contributed by atoms with van der Waals surface area (Å²) in [6.45, 7) is 3.74. The maximum Gasteiger partial charge on any atom is 0.264 e. The number of anilines is 1. The quantitative estimate of drug-likeness (QED) is 0.350. The molecule has 0 atom stereocenters. The standard InChI is InChI=1S/C15H26N2O3S/c1-13-12-14(7-8-15(13)16)6-2-3-9-17-10-4-5-11-21(18,19)20/h7-8,12,17H,2-6,9-11,16H2,1H3,(H,18,19,20). The summed E-state index contributed by atoms with van der Waals surface area (Å²) < 4.78 is 29.6. The summed E-state index contributed by atoms with van der Waals surface area (Å²) >= 11 is 0. The molecule has 0 fully saturated rings. The molecule has 0 spiro atoms. The van der Waals surface area contributed by atoms with E-state index in [1.54, 1.807) is 0 Å². The van der Waals surface area contributed by atoms with E-state index in [-0.39, 0.29) is 5.75 Å². The molecule has 1 rings (SSSR count). The van der Waals surface area contributed by atoms with Gasteiger partial charge >= 0.3 is 0 Å². The van der Waals surface area contributed by atoms with E-state index in [0.29, 0.717) is 6.42 Å². The maximum absolute atomic E-state index is 10.5. The number of hydrogen-bond acceptors (Lipinski definition) is 4. The second-order valence-electron chi connectivity index (χ2n) is 5.39. The van der Waals surface area contributed by atoms with E-state index >= 15 is 0 Å². The van der Waals surface area contributed by atoms with Gasteiger partial charge in [-0.1, -0.05) is 12.1 Å². The summed E-state index contributed by atoms with van der Waals surface area (Å²) in [6, 6.07) is 6.17. The van der Waals surface area contributed by atoms with Gasteiger partial charge in [0.1, 0.15) is 0 Å². The lowest BCUT2D eigenvalue weighted by Crippen LogP contribution is -2.17. The van der Waals surface area contributed by atoms with E-state index in [9.17, 15) is 8.42 Å². The molecule has 21 heavy (non-hydrogen) atoms. The third kappa shape index (κ3) is 8.70. The van der Waals surface area contributed by atoms with E-state index in [1.807, 2.05) is 13.0 Å². The van der Waals surface area contributed by atoms with E-state index < -0.39 is 10.1 Å². The van der Waals surface area contributed by atoms with Crippen molar-refractivity contribution < 1.29 is 13.0 Å². The first-order valence-electron chi connectivity index (χ1n) is 7.39. The number of nitrogen functional groups attached to an aromatic ring is 1. The van der Waals surface area contributed by atoms with E-state index in [0.717, 1.165) is 50.0 Å². The molecule has 6 heteroatoms. The van der Waals surface area contributed by atoms with Gasteiger partial charge in [0.2, 0.25) is 0 Å². The first-order chi connectivity index (χ1) is 9.88. The molecule has 0 radical (unpaired) electrons. The Morgan fingerprint density at radius 1 is 1.14 bits per heavy atom. The molecule has 0 unspecified atom stereocenters. The van der Waals surface area contributed by atoms with Crippen molar-refractivity contribution in [2.75, 3.05) is 24.6 Å². The van der Waals surface area contributed by atoms with Gasteiger partial charge in [0, 0.05) is 5.69 Å². The lowest BCUT2D eigenvalue weighted by atomic mass is 10.0. The Bertz CT molecular complexity index is 530. The molecule has 5 nitrogen and oxygen atoms in total. The Balaban J connectivity index is 2.01. The maximum atomic E-state index is 10.5. The molecule has 1 aromatic rings. The summed E-state index contributed by atoms with van der Waals surface area (Å²) in [7, 11) is -3.80. The van der Waals surface area contributed by atoms with Crippen LogP contribution in [0.5, 0.6) is 0 Å². The number of unbranched alkanes of at least 4 members (excludes halogenated alkanes) is 2. The number of nitrogens with one attached hydrogen (secondary N) is 1. The minimum absolute atomic E-state index is 0.148. The fourth-order valence-corrected chi connectivity index (χ4v) is 2.70. The normalized spacial score (nSPS) is 11.7. The van der Waals surface area contributed by atoms with E-state index in [4.69, 9.17) is 10.3 Å². The van der Waals surface area contributed by atoms with Gasteiger partial charge in [-0.15, -0.1) is 0 Å². The van der Waals surface area contributed by atoms with Crippen LogP contribution in [0, 0.1) is 6.92 Å². The summed E-state index contributed by atoms with van der Waals surface area (Å²) in [4.78, 5) is 0. The first-order valence-corrected chi connectivity index (χ1v) is 9.00. The van der Waals surface area contributed by atoms with Crippen molar-refractivity contribution in [3.63, 3.8) is 0 Å². The van der Waals surface area contributed by atoms with Crippen LogP contribution in [0.2, 0.25) is 0 Å². The van der Waals surface area contributed by atoms with Gasteiger partial charge in [-0.05, 0) is 69.3 Å². The summed E-state index contributed by atoms with van der Waals surface area (Å²) in [6.07, 6.45) is 4.50. The molecule has 0 aliphatic heterocycles. The highest BCUT2D eigenvalue weighted by molar-refractivity contribution is 7.85. The summed E-state index contributed by atoms with van der Waals surface area (Å²) in [5.41, 5.74) is 9.07. The minimum atomic E-state index is -3.80. The highest BCUT2D eigenvalue weighted by Crippen LogP contribution is 2.14. The first kappa shape index (κ1) is 17.9. The Labute approximate surface area is 127 Å². The van der Waals surface area contributed by atoms with Crippen LogP contribution in [-0.4, -0.2) is 31.8 Å². The molecule has 0 aliphatic rings. The lowest BCUT2D eigenvalue weighted by Gasteiger charge is -2.06.